The summed E-state index contributed by atoms with van der Waals surface area (Å²) in [6.45, 7) is 4.31. The van der Waals surface area contributed by atoms with E-state index >= 15 is 0 Å². The van der Waals surface area contributed by atoms with E-state index in [1.54, 1.807) is 0 Å². The third-order valence-electron chi connectivity index (χ3n) is 2.06. The molecule has 0 aliphatic rings. The lowest BCUT2D eigenvalue weighted by Gasteiger charge is -1.98. The van der Waals surface area contributed by atoms with Crippen molar-refractivity contribution in [3.63, 3.8) is 0 Å². The number of unbranched alkanes of at least 4 members (excludes halogenated alkanes) is 1. The fourth-order valence-corrected chi connectivity index (χ4v) is 1.34. The van der Waals surface area contributed by atoms with Gasteiger partial charge in [-0.1, -0.05) is 42.0 Å². The van der Waals surface area contributed by atoms with Gasteiger partial charge in [-0.2, -0.15) is 0 Å². The average Bonchev–Trinajstić information content (AvgIpc) is 2.14. The number of allylic oxidation sites excluding steroid dienone is 2. The second-order valence-electron chi connectivity index (χ2n) is 3.66. The smallest absolute Gasteiger partial charge is 0.0276 e. The molecule has 0 radical (unpaired) electrons. The van der Waals surface area contributed by atoms with Crippen molar-refractivity contribution in [3.8, 4) is 0 Å². The van der Waals surface area contributed by atoms with Crippen molar-refractivity contribution in [2.24, 2.45) is 0 Å². The summed E-state index contributed by atoms with van der Waals surface area (Å²) in [5.41, 5.74) is 2.87. The van der Waals surface area contributed by atoms with Crippen molar-refractivity contribution in [1.29, 1.82) is 0 Å². The molecule has 0 aliphatic heterocycles. The predicted octanol–water partition coefficient (Wildman–Crippen LogP) is 3.98. The zero-order chi connectivity index (χ0) is 9.52. The molecule has 0 aliphatic carbocycles. The van der Waals surface area contributed by atoms with Gasteiger partial charge in [0.2, 0.25) is 0 Å². The van der Waals surface area contributed by atoms with Gasteiger partial charge in [0.1, 0.15) is 0 Å². The van der Waals surface area contributed by atoms with Crippen LogP contribution in [0, 0.1) is 0 Å². The Balaban J connectivity index is 2.25. The molecule has 1 rings (SSSR count). The van der Waals surface area contributed by atoms with Gasteiger partial charge in [-0.25, -0.2) is 0 Å². The van der Waals surface area contributed by atoms with E-state index in [1.807, 2.05) is 0 Å². The molecule has 0 saturated heterocycles. The molecule has 0 amide bonds. The van der Waals surface area contributed by atoms with Gasteiger partial charge in [0.25, 0.3) is 0 Å². The predicted molar refractivity (Wildman–Crippen MR) is 58.8 cm³/mol. The maximum atomic E-state index is 2.31. The van der Waals surface area contributed by atoms with Crippen LogP contribution in [-0.2, 0) is 6.42 Å². The fourth-order valence-electron chi connectivity index (χ4n) is 1.34. The van der Waals surface area contributed by atoms with Gasteiger partial charge in [-0.15, -0.1) is 0 Å². The molecule has 0 heterocycles. The number of benzene rings is 1. The molecule has 1 aromatic carbocycles. The molecule has 0 bridgehead atoms. The lowest BCUT2D eigenvalue weighted by molar-refractivity contribution is 0.838. The number of hydrogen-bond donors (Lipinski definition) is 0. The SMILES string of the molecule is CC(C)=CCCCc1ccccc1. The highest BCUT2D eigenvalue weighted by atomic mass is 14.0. The lowest BCUT2D eigenvalue weighted by atomic mass is 10.1. The highest BCUT2D eigenvalue weighted by Gasteiger charge is 1.89. The van der Waals surface area contributed by atoms with Crippen molar-refractivity contribution in [1.82, 2.24) is 0 Å². The minimum absolute atomic E-state index is 1.20. The Hall–Kier alpha value is -1.04. The zero-order valence-corrected chi connectivity index (χ0v) is 8.59. The zero-order valence-electron chi connectivity index (χ0n) is 8.59. The summed E-state index contributed by atoms with van der Waals surface area (Å²) in [6, 6.07) is 10.7. The molecule has 0 saturated carbocycles. The quantitative estimate of drug-likeness (QED) is 0.478. The molecule has 1 aromatic rings. The van der Waals surface area contributed by atoms with E-state index in [0.717, 1.165) is 0 Å². The van der Waals surface area contributed by atoms with Gasteiger partial charge in [0.15, 0.2) is 0 Å². The van der Waals surface area contributed by atoms with Crippen LogP contribution in [-0.4, -0.2) is 0 Å². The Kier molecular flexibility index (Phi) is 4.31. The van der Waals surface area contributed by atoms with Crippen molar-refractivity contribution in [2.75, 3.05) is 0 Å². The molecule has 0 aromatic heterocycles. The van der Waals surface area contributed by atoms with E-state index in [1.165, 1.54) is 30.4 Å². The molecule has 0 atom stereocenters. The minimum atomic E-state index is 1.20. The summed E-state index contributed by atoms with van der Waals surface area (Å²) in [7, 11) is 0. The molecular weight excluding hydrogens is 156 g/mol. The summed E-state index contributed by atoms with van der Waals surface area (Å²) in [6.07, 6.45) is 5.97. The van der Waals surface area contributed by atoms with Crippen LogP contribution in [0.2, 0.25) is 0 Å². The molecule has 70 valence electrons. The van der Waals surface area contributed by atoms with E-state index in [4.69, 9.17) is 0 Å². The minimum Gasteiger partial charge on any atom is -0.0859 e. The Morgan fingerprint density at radius 2 is 1.85 bits per heavy atom. The number of hydrogen-bond acceptors (Lipinski definition) is 0. The van der Waals surface area contributed by atoms with Crippen LogP contribution in [0.4, 0.5) is 0 Å². The van der Waals surface area contributed by atoms with E-state index < -0.39 is 0 Å². The van der Waals surface area contributed by atoms with Crippen molar-refractivity contribution in [2.45, 2.75) is 33.1 Å². The van der Waals surface area contributed by atoms with Crippen LogP contribution < -0.4 is 0 Å². The molecule has 0 spiro atoms. The van der Waals surface area contributed by atoms with Crippen LogP contribution >= 0.6 is 0 Å². The first kappa shape index (κ1) is 10.0. The Bertz CT molecular complexity index is 253. The molecule has 0 N–H and O–H groups in total. The van der Waals surface area contributed by atoms with E-state index in [0.29, 0.717) is 0 Å². The first-order valence-corrected chi connectivity index (χ1v) is 4.96. The second-order valence-corrected chi connectivity index (χ2v) is 3.66. The Morgan fingerprint density at radius 1 is 1.15 bits per heavy atom. The van der Waals surface area contributed by atoms with Crippen LogP contribution in [0.15, 0.2) is 42.0 Å². The van der Waals surface area contributed by atoms with Gasteiger partial charge >= 0.3 is 0 Å². The Labute approximate surface area is 81.3 Å². The third-order valence-corrected chi connectivity index (χ3v) is 2.06. The van der Waals surface area contributed by atoms with E-state index in [9.17, 15) is 0 Å². The van der Waals surface area contributed by atoms with Gasteiger partial charge in [-0.05, 0) is 38.7 Å². The first-order valence-electron chi connectivity index (χ1n) is 4.96. The molecule has 0 fully saturated rings. The molecule has 0 nitrogen and oxygen atoms in total. The van der Waals surface area contributed by atoms with Crippen LogP contribution in [0.3, 0.4) is 0 Å². The fraction of sp³-hybridized carbons (Fsp3) is 0.385. The van der Waals surface area contributed by atoms with Crippen molar-refractivity contribution >= 4 is 0 Å². The van der Waals surface area contributed by atoms with E-state index in [2.05, 4.69) is 50.3 Å². The van der Waals surface area contributed by atoms with Crippen LogP contribution in [0.25, 0.3) is 0 Å². The summed E-state index contributed by atoms with van der Waals surface area (Å²) >= 11 is 0. The summed E-state index contributed by atoms with van der Waals surface area (Å²) in [5.74, 6) is 0. The highest BCUT2D eigenvalue weighted by molar-refractivity contribution is 5.14. The number of aryl methyl sites for hydroxylation is 1. The monoisotopic (exact) mass is 174 g/mol. The molecule has 0 unspecified atom stereocenters. The number of rotatable bonds is 4. The summed E-state index contributed by atoms with van der Waals surface area (Å²) in [4.78, 5) is 0. The maximum Gasteiger partial charge on any atom is -0.0276 e. The summed E-state index contributed by atoms with van der Waals surface area (Å²) in [5, 5.41) is 0. The first-order chi connectivity index (χ1) is 6.29. The van der Waals surface area contributed by atoms with Crippen molar-refractivity contribution in [3.05, 3.63) is 47.5 Å². The molecule has 0 heteroatoms. The molecular formula is C13H18. The largest absolute Gasteiger partial charge is 0.0859 e. The topological polar surface area (TPSA) is 0 Å². The van der Waals surface area contributed by atoms with Gasteiger partial charge in [-0.3, -0.25) is 0 Å². The van der Waals surface area contributed by atoms with Gasteiger partial charge < -0.3 is 0 Å². The van der Waals surface area contributed by atoms with Crippen LogP contribution in [0.5, 0.6) is 0 Å². The standard InChI is InChI=1S/C13H18/c1-12(2)8-6-7-11-13-9-4-3-5-10-13/h3-5,8-10H,6-7,11H2,1-2H3. The highest BCUT2D eigenvalue weighted by Crippen LogP contribution is 2.05. The maximum absolute atomic E-state index is 2.31. The Morgan fingerprint density at radius 3 is 2.46 bits per heavy atom. The molecule has 13 heavy (non-hydrogen) atoms. The lowest BCUT2D eigenvalue weighted by Crippen LogP contribution is -1.83. The average molecular weight is 174 g/mol. The third kappa shape index (κ3) is 4.51. The van der Waals surface area contributed by atoms with E-state index in [-0.39, 0.29) is 0 Å². The van der Waals surface area contributed by atoms with Crippen LogP contribution in [0.1, 0.15) is 32.3 Å². The normalized spacial score (nSPS) is 9.69. The van der Waals surface area contributed by atoms with Crippen molar-refractivity contribution < 1.29 is 0 Å². The summed E-state index contributed by atoms with van der Waals surface area (Å²) < 4.78 is 0. The second kappa shape index (κ2) is 5.58. The van der Waals surface area contributed by atoms with Gasteiger partial charge in [0, 0.05) is 0 Å². The van der Waals surface area contributed by atoms with Gasteiger partial charge in [0.05, 0.1) is 0 Å².